The van der Waals surface area contributed by atoms with Gasteiger partial charge in [0.25, 0.3) is 0 Å². The van der Waals surface area contributed by atoms with E-state index in [4.69, 9.17) is 4.42 Å². The van der Waals surface area contributed by atoms with E-state index in [2.05, 4.69) is 23.9 Å². The highest BCUT2D eigenvalue weighted by Gasteiger charge is 2.23. The van der Waals surface area contributed by atoms with Crippen molar-refractivity contribution in [1.82, 2.24) is 5.32 Å². The Balaban J connectivity index is 1.91. The minimum Gasteiger partial charge on any atom is -0.463 e. The first-order valence-corrected chi connectivity index (χ1v) is 7.56. The average Bonchev–Trinajstić information content (AvgIpc) is 2.97. The number of nitrogens with one attached hydrogen (secondary N) is 1. The first-order valence-electron chi connectivity index (χ1n) is 7.56. The number of ether oxygens (including phenoxy) is 1. The standard InChI is InChI=1S/C16H25NO3/c1-11(13-7-5-4-6-8-13)17-12(2)14-9-10-15(20-14)16(18)19-3/h9-13,17H,4-8H2,1-3H3. The SMILES string of the molecule is COC(=O)c1ccc(C(C)NC(C)C2CCCCC2)o1. The second-order valence-corrected chi connectivity index (χ2v) is 5.77. The Morgan fingerprint density at radius 1 is 1.30 bits per heavy atom. The Kier molecular flexibility index (Phi) is 5.24. The zero-order valence-electron chi connectivity index (χ0n) is 12.6. The summed E-state index contributed by atoms with van der Waals surface area (Å²) in [5.41, 5.74) is 0. The van der Waals surface area contributed by atoms with Crippen LogP contribution in [0.3, 0.4) is 0 Å². The van der Waals surface area contributed by atoms with Gasteiger partial charge in [-0.15, -0.1) is 0 Å². The van der Waals surface area contributed by atoms with Crippen molar-refractivity contribution < 1.29 is 13.9 Å². The van der Waals surface area contributed by atoms with Crippen molar-refractivity contribution >= 4 is 5.97 Å². The average molecular weight is 279 g/mol. The van der Waals surface area contributed by atoms with Crippen LogP contribution >= 0.6 is 0 Å². The van der Waals surface area contributed by atoms with Crippen LogP contribution in [0.4, 0.5) is 0 Å². The van der Waals surface area contributed by atoms with Crippen molar-refractivity contribution in [2.24, 2.45) is 5.92 Å². The Hall–Kier alpha value is -1.29. The molecule has 4 nitrogen and oxygen atoms in total. The summed E-state index contributed by atoms with van der Waals surface area (Å²) in [7, 11) is 1.36. The van der Waals surface area contributed by atoms with Gasteiger partial charge < -0.3 is 14.5 Å². The van der Waals surface area contributed by atoms with Crippen LogP contribution in [0.1, 0.15) is 68.3 Å². The van der Waals surface area contributed by atoms with Crippen LogP contribution in [0, 0.1) is 5.92 Å². The van der Waals surface area contributed by atoms with E-state index in [0.29, 0.717) is 6.04 Å². The van der Waals surface area contributed by atoms with Crippen LogP contribution in [0.25, 0.3) is 0 Å². The third kappa shape index (κ3) is 3.63. The highest BCUT2D eigenvalue weighted by Crippen LogP contribution is 2.28. The van der Waals surface area contributed by atoms with Crippen LogP contribution in [0.15, 0.2) is 16.5 Å². The van der Waals surface area contributed by atoms with E-state index in [-0.39, 0.29) is 11.8 Å². The molecule has 0 amide bonds. The van der Waals surface area contributed by atoms with E-state index in [0.717, 1.165) is 11.7 Å². The van der Waals surface area contributed by atoms with E-state index in [1.54, 1.807) is 6.07 Å². The highest BCUT2D eigenvalue weighted by molar-refractivity contribution is 5.86. The molecular formula is C16H25NO3. The van der Waals surface area contributed by atoms with Crippen molar-refractivity contribution in [2.75, 3.05) is 7.11 Å². The third-order valence-corrected chi connectivity index (χ3v) is 4.31. The summed E-state index contributed by atoms with van der Waals surface area (Å²) in [6.45, 7) is 4.32. The van der Waals surface area contributed by atoms with Gasteiger partial charge in [0.1, 0.15) is 5.76 Å². The van der Waals surface area contributed by atoms with Crippen molar-refractivity contribution in [1.29, 1.82) is 0 Å². The van der Waals surface area contributed by atoms with Gasteiger partial charge in [0.05, 0.1) is 13.2 Å². The van der Waals surface area contributed by atoms with Crippen LogP contribution in [0.5, 0.6) is 0 Å². The molecule has 1 N–H and O–H groups in total. The molecule has 1 aliphatic rings. The molecule has 1 aliphatic carbocycles. The van der Waals surface area contributed by atoms with Crippen molar-refractivity contribution in [3.05, 3.63) is 23.7 Å². The number of hydrogen-bond acceptors (Lipinski definition) is 4. The molecule has 0 radical (unpaired) electrons. The van der Waals surface area contributed by atoms with Crippen LogP contribution in [-0.4, -0.2) is 19.1 Å². The first kappa shape index (κ1) is 15.1. The highest BCUT2D eigenvalue weighted by atomic mass is 16.5. The maximum atomic E-state index is 11.4. The van der Waals surface area contributed by atoms with Gasteiger partial charge in [-0.3, -0.25) is 0 Å². The van der Waals surface area contributed by atoms with E-state index in [9.17, 15) is 4.79 Å². The third-order valence-electron chi connectivity index (χ3n) is 4.31. The lowest BCUT2D eigenvalue weighted by Crippen LogP contribution is -2.36. The van der Waals surface area contributed by atoms with Gasteiger partial charge in [-0.2, -0.15) is 0 Å². The van der Waals surface area contributed by atoms with Crippen molar-refractivity contribution in [3.63, 3.8) is 0 Å². The van der Waals surface area contributed by atoms with E-state index in [1.807, 2.05) is 6.07 Å². The van der Waals surface area contributed by atoms with Gasteiger partial charge in [-0.05, 0) is 44.7 Å². The van der Waals surface area contributed by atoms with Crippen molar-refractivity contribution in [3.8, 4) is 0 Å². The number of methoxy groups -OCH3 is 1. The summed E-state index contributed by atoms with van der Waals surface area (Å²) in [6, 6.07) is 4.09. The molecule has 0 saturated heterocycles. The summed E-state index contributed by atoms with van der Waals surface area (Å²) < 4.78 is 10.2. The van der Waals surface area contributed by atoms with Crippen LogP contribution in [0.2, 0.25) is 0 Å². The Labute approximate surface area is 120 Å². The maximum Gasteiger partial charge on any atom is 0.373 e. The molecule has 0 aliphatic heterocycles. The fraction of sp³-hybridized carbons (Fsp3) is 0.688. The second kappa shape index (κ2) is 6.93. The molecule has 2 unspecified atom stereocenters. The largest absolute Gasteiger partial charge is 0.463 e. The number of esters is 1. The number of furan rings is 1. The lowest BCUT2D eigenvalue weighted by atomic mass is 9.84. The molecule has 1 saturated carbocycles. The maximum absolute atomic E-state index is 11.4. The van der Waals surface area contributed by atoms with Crippen molar-refractivity contribution in [2.45, 2.75) is 58.0 Å². The molecular weight excluding hydrogens is 254 g/mol. The van der Waals surface area contributed by atoms with Crippen LogP contribution < -0.4 is 5.32 Å². The molecule has 4 heteroatoms. The summed E-state index contributed by atoms with van der Waals surface area (Å²) >= 11 is 0. The summed E-state index contributed by atoms with van der Waals surface area (Å²) in [6.07, 6.45) is 6.69. The topological polar surface area (TPSA) is 51.5 Å². The van der Waals surface area contributed by atoms with Gasteiger partial charge >= 0.3 is 5.97 Å². The van der Waals surface area contributed by atoms with Crippen LogP contribution in [-0.2, 0) is 4.74 Å². The summed E-state index contributed by atoms with van der Waals surface area (Å²) in [5.74, 6) is 1.37. The minimum absolute atomic E-state index is 0.102. The fourth-order valence-corrected chi connectivity index (χ4v) is 3.04. The van der Waals surface area contributed by atoms with E-state index in [1.165, 1.54) is 39.2 Å². The summed E-state index contributed by atoms with van der Waals surface area (Å²) in [4.78, 5) is 11.4. The molecule has 1 fully saturated rings. The molecule has 1 heterocycles. The minimum atomic E-state index is -0.427. The molecule has 20 heavy (non-hydrogen) atoms. The van der Waals surface area contributed by atoms with E-state index >= 15 is 0 Å². The predicted octanol–water partition coefficient (Wildman–Crippen LogP) is 3.69. The van der Waals surface area contributed by atoms with E-state index < -0.39 is 5.97 Å². The lowest BCUT2D eigenvalue weighted by Gasteiger charge is -2.30. The molecule has 112 valence electrons. The Bertz CT molecular complexity index is 435. The van der Waals surface area contributed by atoms with Gasteiger partial charge in [0.15, 0.2) is 0 Å². The normalized spacial score (nSPS) is 19.6. The molecule has 2 rings (SSSR count). The number of hydrogen-bond donors (Lipinski definition) is 1. The lowest BCUT2D eigenvalue weighted by molar-refractivity contribution is 0.0562. The number of rotatable bonds is 5. The van der Waals surface area contributed by atoms with Gasteiger partial charge in [0, 0.05) is 6.04 Å². The monoisotopic (exact) mass is 279 g/mol. The molecule has 0 bridgehead atoms. The fourth-order valence-electron chi connectivity index (χ4n) is 3.04. The molecule has 2 atom stereocenters. The predicted molar refractivity (Wildman–Crippen MR) is 77.6 cm³/mol. The molecule has 1 aromatic heterocycles. The smallest absolute Gasteiger partial charge is 0.373 e. The molecule has 1 aromatic rings. The quantitative estimate of drug-likeness (QED) is 0.835. The van der Waals surface area contributed by atoms with Gasteiger partial charge in [-0.25, -0.2) is 4.79 Å². The zero-order valence-corrected chi connectivity index (χ0v) is 12.6. The van der Waals surface area contributed by atoms with Gasteiger partial charge in [0.2, 0.25) is 5.76 Å². The molecule has 0 aromatic carbocycles. The Morgan fingerprint density at radius 3 is 2.65 bits per heavy atom. The summed E-state index contributed by atoms with van der Waals surface area (Å²) in [5, 5.41) is 3.59. The first-order chi connectivity index (χ1) is 9.61. The number of carbonyl (C=O) groups excluding carboxylic acids is 1. The van der Waals surface area contributed by atoms with Gasteiger partial charge in [-0.1, -0.05) is 19.3 Å². The zero-order chi connectivity index (χ0) is 14.5. The Morgan fingerprint density at radius 2 is 2.00 bits per heavy atom. The molecule has 0 spiro atoms. The second-order valence-electron chi connectivity index (χ2n) is 5.77. The number of carbonyl (C=O) groups is 1.